The van der Waals surface area contributed by atoms with Gasteiger partial charge < -0.3 is 10.0 Å². The van der Waals surface area contributed by atoms with E-state index < -0.39 is 0 Å². The van der Waals surface area contributed by atoms with Gasteiger partial charge in [0.15, 0.2) is 0 Å². The lowest BCUT2D eigenvalue weighted by atomic mass is 9.95. The first-order valence-electron chi connectivity index (χ1n) is 7.11. The first kappa shape index (κ1) is 14.6. The van der Waals surface area contributed by atoms with Crippen LogP contribution in [0.15, 0.2) is 24.3 Å². The summed E-state index contributed by atoms with van der Waals surface area (Å²) in [5, 5.41) is 8.80. The molecule has 0 radical (unpaired) electrons. The first-order valence-corrected chi connectivity index (χ1v) is 7.11. The summed E-state index contributed by atoms with van der Waals surface area (Å²) < 4.78 is 0. The van der Waals surface area contributed by atoms with Gasteiger partial charge in [-0.25, -0.2) is 0 Å². The predicted octanol–water partition coefficient (Wildman–Crippen LogP) is 2.15. The maximum atomic E-state index is 12.6. The quantitative estimate of drug-likeness (QED) is 0.837. The second kappa shape index (κ2) is 6.58. The van der Waals surface area contributed by atoms with Gasteiger partial charge in [0.2, 0.25) is 0 Å². The zero-order valence-corrected chi connectivity index (χ0v) is 12.1. The van der Waals surface area contributed by atoms with Crippen LogP contribution in [0.2, 0.25) is 0 Å². The van der Waals surface area contributed by atoms with Crippen molar-refractivity contribution >= 4 is 5.91 Å². The lowest BCUT2D eigenvalue weighted by Crippen LogP contribution is -2.29. The van der Waals surface area contributed by atoms with E-state index in [1.165, 1.54) is 0 Å². The molecule has 3 heteroatoms. The van der Waals surface area contributed by atoms with E-state index in [0.29, 0.717) is 23.0 Å². The molecular weight excluding hydrogens is 250 g/mol. The molecule has 3 nitrogen and oxygen atoms in total. The first-order chi connectivity index (χ1) is 9.63. The molecule has 0 spiro atoms. The van der Waals surface area contributed by atoms with Crippen molar-refractivity contribution in [2.75, 3.05) is 19.7 Å². The predicted molar refractivity (Wildman–Crippen MR) is 79.3 cm³/mol. The van der Waals surface area contributed by atoms with Crippen LogP contribution in [0.3, 0.4) is 0 Å². The third kappa shape index (κ3) is 3.20. The summed E-state index contributed by atoms with van der Waals surface area (Å²) >= 11 is 0. The van der Waals surface area contributed by atoms with Crippen LogP contribution in [0.1, 0.15) is 36.2 Å². The molecule has 20 heavy (non-hydrogen) atoms. The number of aliphatic hydroxyl groups excluding tert-OH is 1. The van der Waals surface area contributed by atoms with Gasteiger partial charge >= 0.3 is 0 Å². The summed E-state index contributed by atoms with van der Waals surface area (Å²) in [5.41, 5.74) is 1.33. The largest absolute Gasteiger partial charge is 0.384 e. The smallest absolute Gasteiger partial charge is 0.255 e. The maximum absolute atomic E-state index is 12.6. The average Bonchev–Trinajstić information content (AvgIpc) is 2.94. The maximum Gasteiger partial charge on any atom is 0.255 e. The Bertz CT molecular complexity index is 539. The molecule has 1 amide bonds. The van der Waals surface area contributed by atoms with Crippen LogP contribution in [0, 0.1) is 23.7 Å². The van der Waals surface area contributed by atoms with Crippen LogP contribution in [0.5, 0.6) is 0 Å². The molecule has 1 atom stereocenters. The lowest BCUT2D eigenvalue weighted by Gasteiger charge is -2.18. The Morgan fingerprint density at radius 1 is 1.45 bits per heavy atom. The number of aliphatic hydroxyl groups is 1. The highest BCUT2D eigenvalue weighted by Crippen LogP contribution is 2.25. The molecule has 1 aliphatic rings. The average molecular weight is 271 g/mol. The fourth-order valence-electron chi connectivity index (χ4n) is 2.60. The standard InChI is InChI=1S/C17H21NO2/c1-13(2)15-9-10-18(12-15)17(20)16-8-4-3-6-14(16)7-5-11-19/h3-4,6,8,13,15,19H,9-12H2,1-2H3. The molecule has 1 aromatic carbocycles. The zero-order valence-electron chi connectivity index (χ0n) is 12.1. The van der Waals surface area contributed by atoms with Crippen molar-refractivity contribution < 1.29 is 9.90 Å². The highest BCUT2D eigenvalue weighted by Gasteiger charge is 2.29. The van der Waals surface area contributed by atoms with Gasteiger partial charge in [0.05, 0.1) is 5.56 Å². The second-order valence-corrected chi connectivity index (χ2v) is 5.55. The van der Waals surface area contributed by atoms with Gasteiger partial charge in [-0.3, -0.25) is 4.79 Å². The van der Waals surface area contributed by atoms with Crippen LogP contribution in [-0.2, 0) is 0 Å². The summed E-state index contributed by atoms with van der Waals surface area (Å²) in [6, 6.07) is 7.35. The Balaban J connectivity index is 2.18. The van der Waals surface area contributed by atoms with Crippen LogP contribution >= 0.6 is 0 Å². The normalized spacial score (nSPS) is 18.0. The highest BCUT2D eigenvalue weighted by atomic mass is 16.2. The monoisotopic (exact) mass is 271 g/mol. The number of amides is 1. The molecule has 1 aromatic rings. The fourth-order valence-corrected chi connectivity index (χ4v) is 2.60. The SMILES string of the molecule is CC(C)C1CCN(C(=O)c2ccccc2C#CCO)C1. The summed E-state index contributed by atoms with van der Waals surface area (Å²) in [6.45, 7) is 5.88. The number of nitrogens with zero attached hydrogens (tertiary/aromatic N) is 1. The molecule has 1 saturated heterocycles. The summed E-state index contributed by atoms with van der Waals surface area (Å²) in [4.78, 5) is 14.5. The fraction of sp³-hybridized carbons (Fsp3) is 0.471. The number of likely N-dealkylation sites (tertiary alicyclic amines) is 1. The van der Waals surface area contributed by atoms with Crippen molar-refractivity contribution in [1.82, 2.24) is 4.90 Å². The minimum absolute atomic E-state index is 0.0518. The molecule has 1 aliphatic heterocycles. The van der Waals surface area contributed by atoms with Crippen molar-refractivity contribution in [2.24, 2.45) is 11.8 Å². The number of hydrogen-bond acceptors (Lipinski definition) is 2. The van der Waals surface area contributed by atoms with E-state index in [1.807, 2.05) is 29.2 Å². The molecule has 0 saturated carbocycles. The third-order valence-electron chi connectivity index (χ3n) is 3.91. The van der Waals surface area contributed by atoms with E-state index in [9.17, 15) is 4.79 Å². The Morgan fingerprint density at radius 3 is 2.85 bits per heavy atom. The van der Waals surface area contributed by atoms with Gasteiger partial charge in [0.25, 0.3) is 5.91 Å². The topological polar surface area (TPSA) is 40.5 Å². The number of carbonyl (C=O) groups is 1. The Labute approximate surface area is 120 Å². The zero-order chi connectivity index (χ0) is 14.5. The second-order valence-electron chi connectivity index (χ2n) is 5.55. The van der Waals surface area contributed by atoms with Gasteiger partial charge in [-0.1, -0.05) is 37.8 Å². The summed E-state index contributed by atoms with van der Waals surface area (Å²) in [5.74, 6) is 6.72. The minimum atomic E-state index is -0.193. The van der Waals surface area contributed by atoms with Crippen molar-refractivity contribution in [2.45, 2.75) is 20.3 Å². The molecule has 1 unspecified atom stereocenters. The lowest BCUT2D eigenvalue weighted by molar-refractivity contribution is 0.0784. The van der Waals surface area contributed by atoms with Crippen molar-refractivity contribution in [3.63, 3.8) is 0 Å². The number of benzene rings is 1. The van der Waals surface area contributed by atoms with Crippen molar-refractivity contribution in [1.29, 1.82) is 0 Å². The highest BCUT2D eigenvalue weighted by molar-refractivity contribution is 5.96. The van der Waals surface area contributed by atoms with Gasteiger partial charge in [-0.15, -0.1) is 0 Å². The minimum Gasteiger partial charge on any atom is -0.384 e. The van der Waals surface area contributed by atoms with E-state index in [-0.39, 0.29) is 12.5 Å². The van der Waals surface area contributed by atoms with E-state index in [1.54, 1.807) is 0 Å². The number of rotatable bonds is 2. The van der Waals surface area contributed by atoms with E-state index in [4.69, 9.17) is 5.11 Å². The van der Waals surface area contributed by atoms with Crippen LogP contribution < -0.4 is 0 Å². The van der Waals surface area contributed by atoms with Crippen molar-refractivity contribution in [3.05, 3.63) is 35.4 Å². The number of hydrogen-bond donors (Lipinski definition) is 1. The molecule has 106 valence electrons. The van der Waals surface area contributed by atoms with Gasteiger partial charge in [0.1, 0.15) is 6.61 Å². The van der Waals surface area contributed by atoms with Gasteiger partial charge in [0, 0.05) is 18.7 Å². The van der Waals surface area contributed by atoms with Crippen LogP contribution in [0.4, 0.5) is 0 Å². The molecule has 1 heterocycles. The molecule has 2 rings (SSSR count). The molecule has 0 aliphatic carbocycles. The van der Waals surface area contributed by atoms with Crippen LogP contribution in [-0.4, -0.2) is 35.6 Å². The molecule has 1 N–H and O–H groups in total. The summed E-state index contributed by atoms with van der Waals surface area (Å²) in [6.07, 6.45) is 1.08. The van der Waals surface area contributed by atoms with Crippen molar-refractivity contribution in [3.8, 4) is 11.8 Å². The Kier molecular flexibility index (Phi) is 4.81. The molecular formula is C17H21NO2. The van der Waals surface area contributed by atoms with E-state index in [2.05, 4.69) is 25.7 Å². The molecule has 0 bridgehead atoms. The molecule has 0 aromatic heterocycles. The van der Waals surface area contributed by atoms with Crippen LogP contribution in [0.25, 0.3) is 0 Å². The summed E-state index contributed by atoms with van der Waals surface area (Å²) in [7, 11) is 0. The third-order valence-corrected chi connectivity index (χ3v) is 3.91. The Hall–Kier alpha value is -1.79. The van der Waals surface area contributed by atoms with Gasteiger partial charge in [-0.05, 0) is 30.4 Å². The van der Waals surface area contributed by atoms with Gasteiger partial charge in [-0.2, -0.15) is 0 Å². The van der Waals surface area contributed by atoms with E-state index >= 15 is 0 Å². The molecule has 1 fully saturated rings. The Morgan fingerprint density at radius 2 is 2.20 bits per heavy atom. The van der Waals surface area contributed by atoms with E-state index in [0.717, 1.165) is 19.5 Å². The number of carbonyl (C=O) groups excluding carboxylic acids is 1.